The van der Waals surface area contributed by atoms with E-state index in [2.05, 4.69) is 16.4 Å². The molecule has 1 aliphatic rings. The molecule has 1 amide bonds. The quantitative estimate of drug-likeness (QED) is 0.607. The zero-order valence-corrected chi connectivity index (χ0v) is 18.1. The van der Waals surface area contributed by atoms with E-state index >= 15 is 0 Å². The maximum Gasteiger partial charge on any atom is 0.252 e. The van der Waals surface area contributed by atoms with Gasteiger partial charge in [-0.25, -0.2) is 8.42 Å². The standard InChI is InChI=1S/C22H21N5O4S/c1-14-9-17(32(29,30)27-5-7-31-8-6-27)11-18-20(14)25-13-19(22(24)28)21(18)26-16-4-2-3-15(10-16)12-23/h2-4,9-11,13H,5-8H2,1H3,(H2,24,28)(H,25,26). The molecule has 0 atom stereocenters. The molecule has 2 aromatic carbocycles. The molecule has 0 radical (unpaired) electrons. The zero-order valence-electron chi connectivity index (χ0n) is 17.3. The van der Waals surface area contributed by atoms with Gasteiger partial charge in [0.25, 0.3) is 5.91 Å². The molecule has 2 heterocycles. The first-order chi connectivity index (χ1) is 15.3. The van der Waals surface area contributed by atoms with Crippen LogP contribution in [-0.4, -0.2) is 49.9 Å². The zero-order chi connectivity index (χ0) is 22.9. The van der Waals surface area contributed by atoms with Crippen LogP contribution in [0, 0.1) is 18.3 Å². The van der Waals surface area contributed by atoms with Gasteiger partial charge in [-0.2, -0.15) is 9.57 Å². The van der Waals surface area contributed by atoms with E-state index in [1.165, 1.54) is 16.6 Å². The van der Waals surface area contributed by atoms with E-state index in [0.717, 1.165) is 0 Å². The Morgan fingerprint density at radius 3 is 2.69 bits per heavy atom. The maximum absolute atomic E-state index is 13.3. The third-order valence-electron chi connectivity index (χ3n) is 5.27. The molecule has 0 aliphatic carbocycles. The fourth-order valence-electron chi connectivity index (χ4n) is 3.66. The van der Waals surface area contributed by atoms with Crippen LogP contribution in [0.3, 0.4) is 0 Å². The third-order valence-corrected chi connectivity index (χ3v) is 7.15. The average Bonchev–Trinajstić information content (AvgIpc) is 2.79. The number of ether oxygens (including phenoxy) is 1. The molecule has 0 saturated carbocycles. The minimum Gasteiger partial charge on any atom is -0.379 e. The molecule has 3 N–H and O–H groups in total. The van der Waals surface area contributed by atoms with Crippen LogP contribution >= 0.6 is 0 Å². The Labute approximate surface area is 185 Å². The minimum atomic E-state index is -3.77. The highest BCUT2D eigenvalue weighted by Gasteiger charge is 2.28. The van der Waals surface area contributed by atoms with Gasteiger partial charge in [-0.05, 0) is 42.8 Å². The highest BCUT2D eigenvalue weighted by atomic mass is 32.2. The van der Waals surface area contributed by atoms with Crippen LogP contribution in [0.2, 0.25) is 0 Å². The topological polar surface area (TPSA) is 138 Å². The number of pyridine rings is 1. The summed E-state index contributed by atoms with van der Waals surface area (Å²) in [7, 11) is -3.77. The minimum absolute atomic E-state index is 0.0987. The number of sulfonamides is 1. The number of aromatic nitrogens is 1. The molecule has 0 bridgehead atoms. The van der Waals surface area contributed by atoms with Crippen LogP contribution in [0.5, 0.6) is 0 Å². The third kappa shape index (κ3) is 4.01. The van der Waals surface area contributed by atoms with Gasteiger partial charge >= 0.3 is 0 Å². The van der Waals surface area contributed by atoms with Crippen LogP contribution in [-0.2, 0) is 14.8 Å². The van der Waals surface area contributed by atoms with Crippen molar-refractivity contribution in [3.63, 3.8) is 0 Å². The van der Waals surface area contributed by atoms with Crippen molar-refractivity contribution < 1.29 is 17.9 Å². The average molecular weight is 452 g/mol. The molecule has 3 aromatic rings. The van der Waals surface area contributed by atoms with Crippen LogP contribution in [0.25, 0.3) is 10.9 Å². The Balaban J connectivity index is 1.91. The smallest absolute Gasteiger partial charge is 0.252 e. The number of anilines is 2. The van der Waals surface area contributed by atoms with E-state index < -0.39 is 15.9 Å². The molecule has 1 fully saturated rings. The number of aryl methyl sites for hydroxylation is 1. The molecule has 0 spiro atoms. The van der Waals surface area contributed by atoms with E-state index in [0.29, 0.717) is 46.6 Å². The lowest BCUT2D eigenvalue weighted by atomic mass is 10.0. The van der Waals surface area contributed by atoms with Crippen LogP contribution < -0.4 is 11.1 Å². The number of amides is 1. The second kappa shape index (κ2) is 8.55. The number of carbonyl (C=O) groups is 1. The number of rotatable bonds is 5. The fraction of sp³-hybridized carbons (Fsp3) is 0.227. The summed E-state index contributed by atoms with van der Waals surface area (Å²) in [6.45, 7) is 2.97. The number of hydrogen-bond donors (Lipinski definition) is 2. The van der Waals surface area contributed by atoms with Gasteiger partial charge in [0.1, 0.15) is 0 Å². The Kier molecular flexibility index (Phi) is 5.80. The van der Waals surface area contributed by atoms with Crippen LogP contribution in [0.15, 0.2) is 47.5 Å². The lowest BCUT2D eigenvalue weighted by molar-refractivity contribution is 0.0730. The summed E-state index contributed by atoms with van der Waals surface area (Å²) in [6, 6.07) is 11.9. The number of fused-ring (bicyclic) bond motifs is 1. The predicted molar refractivity (Wildman–Crippen MR) is 119 cm³/mol. The first-order valence-corrected chi connectivity index (χ1v) is 11.3. The van der Waals surface area contributed by atoms with Crippen molar-refractivity contribution in [1.82, 2.24) is 9.29 Å². The molecule has 9 nitrogen and oxygen atoms in total. The molecule has 0 unspecified atom stereocenters. The van der Waals surface area contributed by atoms with Gasteiger partial charge < -0.3 is 15.8 Å². The van der Waals surface area contributed by atoms with E-state index in [-0.39, 0.29) is 23.5 Å². The van der Waals surface area contributed by atoms with Crippen molar-refractivity contribution in [2.75, 3.05) is 31.6 Å². The monoisotopic (exact) mass is 451 g/mol. The Morgan fingerprint density at radius 1 is 1.25 bits per heavy atom. The molecular weight excluding hydrogens is 430 g/mol. The van der Waals surface area contributed by atoms with E-state index in [9.17, 15) is 18.5 Å². The van der Waals surface area contributed by atoms with E-state index in [4.69, 9.17) is 10.5 Å². The van der Waals surface area contributed by atoms with Crippen LogP contribution in [0.4, 0.5) is 11.4 Å². The van der Waals surface area contributed by atoms with Gasteiger partial charge in [0.15, 0.2) is 0 Å². The first kappa shape index (κ1) is 21.7. The molecule has 32 heavy (non-hydrogen) atoms. The van der Waals surface area contributed by atoms with Gasteiger partial charge in [-0.15, -0.1) is 0 Å². The first-order valence-electron chi connectivity index (χ1n) is 9.89. The number of carbonyl (C=O) groups excluding carboxylic acids is 1. The van der Waals surface area contributed by atoms with Crippen molar-refractivity contribution >= 4 is 38.2 Å². The summed E-state index contributed by atoms with van der Waals surface area (Å²) in [4.78, 5) is 16.6. The fourth-order valence-corrected chi connectivity index (χ4v) is 5.18. The number of nitriles is 1. The second-order valence-corrected chi connectivity index (χ2v) is 9.32. The van der Waals surface area contributed by atoms with Gasteiger partial charge in [0, 0.05) is 30.4 Å². The summed E-state index contributed by atoms with van der Waals surface area (Å²) in [5.74, 6) is -0.711. The number of hydrogen-bond acceptors (Lipinski definition) is 7. The largest absolute Gasteiger partial charge is 0.379 e. The summed E-state index contributed by atoms with van der Waals surface area (Å²) in [6.07, 6.45) is 1.37. The molecule has 1 saturated heterocycles. The summed E-state index contributed by atoms with van der Waals surface area (Å²) in [5, 5.41) is 12.8. The predicted octanol–water partition coefficient (Wildman–Crippen LogP) is 2.28. The highest BCUT2D eigenvalue weighted by Crippen LogP contribution is 2.33. The Morgan fingerprint density at radius 2 is 2.00 bits per heavy atom. The van der Waals surface area contributed by atoms with Crippen LogP contribution in [0.1, 0.15) is 21.5 Å². The molecule has 4 rings (SSSR count). The van der Waals surface area contributed by atoms with Gasteiger partial charge in [-0.1, -0.05) is 6.07 Å². The summed E-state index contributed by atoms with van der Waals surface area (Å²) < 4.78 is 33.2. The number of benzene rings is 2. The highest BCUT2D eigenvalue weighted by molar-refractivity contribution is 7.89. The number of nitrogens with two attached hydrogens (primary N) is 1. The lowest BCUT2D eigenvalue weighted by Gasteiger charge is -2.26. The molecule has 1 aromatic heterocycles. The number of nitrogens with zero attached hydrogens (tertiary/aromatic N) is 3. The van der Waals surface area contributed by atoms with Crippen molar-refractivity contribution in [3.05, 3.63) is 59.3 Å². The number of nitrogens with one attached hydrogen (secondary N) is 1. The normalized spacial score (nSPS) is 14.8. The number of morpholine rings is 1. The SMILES string of the molecule is Cc1cc(S(=O)(=O)N2CCOCC2)cc2c(Nc3cccc(C#N)c3)c(C(N)=O)cnc12. The maximum atomic E-state index is 13.3. The molecule has 1 aliphatic heterocycles. The summed E-state index contributed by atoms with van der Waals surface area (Å²) in [5.41, 5.74) is 8.19. The van der Waals surface area contributed by atoms with Crippen molar-refractivity contribution in [1.29, 1.82) is 5.26 Å². The van der Waals surface area contributed by atoms with Crippen molar-refractivity contribution in [2.45, 2.75) is 11.8 Å². The van der Waals surface area contributed by atoms with Gasteiger partial charge in [0.2, 0.25) is 10.0 Å². The lowest BCUT2D eigenvalue weighted by Crippen LogP contribution is -2.40. The van der Waals surface area contributed by atoms with Gasteiger partial charge in [-0.3, -0.25) is 9.78 Å². The molecule has 10 heteroatoms. The Hall–Kier alpha value is -3.52. The van der Waals surface area contributed by atoms with Gasteiger partial charge in [0.05, 0.1) is 46.5 Å². The van der Waals surface area contributed by atoms with E-state index in [1.54, 1.807) is 37.3 Å². The van der Waals surface area contributed by atoms with Crippen molar-refractivity contribution in [2.24, 2.45) is 5.73 Å². The summed E-state index contributed by atoms with van der Waals surface area (Å²) >= 11 is 0. The van der Waals surface area contributed by atoms with E-state index in [1.807, 2.05) is 0 Å². The molecular formula is C22H21N5O4S. The van der Waals surface area contributed by atoms with Crippen molar-refractivity contribution in [3.8, 4) is 6.07 Å². The second-order valence-electron chi connectivity index (χ2n) is 7.38. The molecule has 164 valence electrons. The Bertz CT molecular complexity index is 1360. The number of primary amides is 1.